The number of aliphatic carboxylic acids is 6. The van der Waals surface area contributed by atoms with E-state index in [9.17, 15) is 33.9 Å². The van der Waals surface area contributed by atoms with Crippen LogP contribution >= 0.6 is 0 Å². The summed E-state index contributed by atoms with van der Waals surface area (Å²) in [4.78, 5) is 60.8. The molecule has 0 aromatic carbocycles. The number of carbonyl (C=O) groups excluding carboxylic acids is 1. The zero-order valence-electron chi connectivity index (χ0n) is 13.8. The average molecular weight is 390 g/mol. The summed E-state index contributed by atoms with van der Waals surface area (Å²) >= 11 is 0. The van der Waals surface area contributed by atoms with Crippen LogP contribution in [0.15, 0.2) is 0 Å². The second kappa shape index (κ2) is 11.9. The van der Waals surface area contributed by atoms with E-state index in [2.05, 4.69) is 0 Å². The normalized spacial score (nSPS) is 12.2. The zero-order chi connectivity index (χ0) is 21.3. The van der Waals surface area contributed by atoms with Crippen LogP contribution in [0.25, 0.3) is 0 Å². The molecule has 0 saturated carbocycles. The SMILES string of the molecule is O=C(O)CC(O)(CC(=O)O)C(=O)O.O=C([O-])CC(O)(CC(=O)O)C(=O)O.[Li+]. The minimum Gasteiger partial charge on any atom is -0.550 e. The Balaban J connectivity index is -0.000000411. The molecule has 15 heteroatoms. The molecule has 0 aliphatic rings. The molecule has 0 amide bonds. The fourth-order valence-electron chi connectivity index (χ4n) is 1.42. The first-order valence-corrected chi connectivity index (χ1v) is 6.32. The molecule has 0 aliphatic heterocycles. The van der Waals surface area contributed by atoms with Gasteiger partial charge in [-0.3, -0.25) is 14.4 Å². The van der Waals surface area contributed by atoms with E-state index in [1.807, 2.05) is 0 Å². The largest absolute Gasteiger partial charge is 1.00 e. The van der Waals surface area contributed by atoms with Gasteiger partial charge in [-0.2, -0.15) is 0 Å². The summed E-state index contributed by atoms with van der Waals surface area (Å²) in [7, 11) is 0. The van der Waals surface area contributed by atoms with Gasteiger partial charge in [-0.05, 0) is 0 Å². The minimum absolute atomic E-state index is 0. The van der Waals surface area contributed by atoms with E-state index in [0.717, 1.165) is 0 Å². The number of carbonyl (C=O) groups is 6. The molecule has 0 aromatic rings. The summed E-state index contributed by atoms with van der Waals surface area (Å²) in [6.45, 7) is 0. The number of hydrogen-bond donors (Lipinski definition) is 7. The topological polar surface area (TPSA) is 267 Å². The molecule has 0 fully saturated rings. The molecule has 1 unspecified atom stereocenters. The van der Waals surface area contributed by atoms with E-state index in [1.54, 1.807) is 0 Å². The smallest absolute Gasteiger partial charge is 0.550 e. The van der Waals surface area contributed by atoms with Crippen LogP contribution in [0, 0.1) is 0 Å². The summed E-state index contributed by atoms with van der Waals surface area (Å²) in [5.74, 6) is -10.4. The van der Waals surface area contributed by atoms with E-state index in [0.29, 0.717) is 0 Å². The first-order valence-electron chi connectivity index (χ1n) is 6.32. The van der Waals surface area contributed by atoms with E-state index < -0.39 is 72.7 Å². The fourth-order valence-corrected chi connectivity index (χ4v) is 1.42. The van der Waals surface area contributed by atoms with Crippen LogP contribution in [-0.2, 0) is 28.8 Å². The van der Waals surface area contributed by atoms with Gasteiger partial charge >= 0.3 is 48.7 Å². The summed E-state index contributed by atoms with van der Waals surface area (Å²) in [5, 5.41) is 69.3. The molecule has 0 saturated heterocycles. The van der Waals surface area contributed by atoms with Gasteiger partial charge in [0.1, 0.15) is 0 Å². The molecule has 0 heterocycles. The van der Waals surface area contributed by atoms with Gasteiger partial charge in [0.25, 0.3) is 0 Å². The Labute approximate surface area is 161 Å². The van der Waals surface area contributed by atoms with Gasteiger partial charge in [-0.25, -0.2) is 9.59 Å². The first-order chi connectivity index (χ1) is 11.6. The Morgan fingerprint density at radius 2 is 0.815 bits per heavy atom. The number of carboxylic acids is 6. The second-order valence-corrected chi connectivity index (χ2v) is 4.93. The van der Waals surface area contributed by atoms with Crippen molar-refractivity contribution < 1.29 is 88.5 Å². The standard InChI is InChI=1S/2C6H8O7.Li/c2*7-3(8)1-6(13,5(11)12)2-4(9)10;/h2*13H,1-2H2,(H,7,8)(H,9,10)(H,11,12);/q;;+1/p-1. The van der Waals surface area contributed by atoms with Crippen molar-refractivity contribution in [3.8, 4) is 0 Å². The van der Waals surface area contributed by atoms with Crippen LogP contribution in [0.2, 0.25) is 0 Å². The summed E-state index contributed by atoms with van der Waals surface area (Å²) in [5.41, 5.74) is -5.54. The molecule has 27 heavy (non-hydrogen) atoms. The molecular formula is C12H15LiO14. The van der Waals surface area contributed by atoms with Crippen molar-refractivity contribution in [1.29, 1.82) is 0 Å². The first kappa shape index (κ1) is 29.1. The Bertz CT molecular complexity index is 513. The van der Waals surface area contributed by atoms with Crippen LogP contribution in [-0.4, -0.2) is 82.8 Å². The average Bonchev–Trinajstić information content (AvgIpc) is 2.34. The van der Waals surface area contributed by atoms with Crippen molar-refractivity contribution in [2.45, 2.75) is 36.9 Å². The molecule has 148 valence electrons. The van der Waals surface area contributed by atoms with Crippen LogP contribution < -0.4 is 24.0 Å². The van der Waals surface area contributed by atoms with Gasteiger partial charge in [0.15, 0.2) is 11.2 Å². The second-order valence-electron chi connectivity index (χ2n) is 4.93. The maximum Gasteiger partial charge on any atom is 1.00 e. The van der Waals surface area contributed by atoms with Gasteiger partial charge in [0, 0.05) is 12.4 Å². The monoisotopic (exact) mass is 390 g/mol. The molecule has 1 atom stereocenters. The van der Waals surface area contributed by atoms with E-state index in [-0.39, 0.29) is 18.9 Å². The molecule has 0 rings (SSSR count). The van der Waals surface area contributed by atoms with Crippen molar-refractivity contribution in [2.24, 2.45) is 0 Å². The van der Waals surface area contributed by atoms with Gasteiger partial charge in [-0.15, -0.1) is 0 Å². The van der Waals surface area contributed by atoms with Crippen LogP contribution in [0.3, 0.4) is 0 Å². The maximum atomic E-state index is 10.3. The van der Waals surface area contributed by atoms with Crippen molar-refractivity contribution >= 4 is 35.8 Å². The van der Waals surface area contributed by atoms with Gasteiger partial charge in [0.2, 0.25) is 0 Å². The van der Waals surface area contributed by atoms with Crippen molar-refractivity contribution in [1.82, 2.24) is 0 Å². The van der Waals surface area contributed by atoms with Crippen molar-refractivity contribution in [2.75, 3.05) is 0 Å². The van der Waals surface area contributed by atoms with Crippen molar-refractivity contribution in [3.63, 3.8) is 0 Å². The van der Waals surface area contributed by atoms with Gasteiger partial charge in [0.05, 0.1) is 19.3 Å². The Morgan fingerprint density at radius 3 is 0.963 bits per heavy atom. The molecule has 7 N–H and O–H groups in total. The van der Waals surface area contributed by atoms with Crippen LogP contribution in [0.4, 0.5) is 0 Å². The van der Waals surface area contributed by atoms with Gasteiger partial charge in [-0.1, -0.05) is 0 Å². The van der Waals surface area contributed by atoms with E-state index >= 15 is 0 Å². The van der Waals surface area contributed by atoms with E-state index in [1.165, 1.54) is 0 Å². The van der Waals surface area contributed by atoms with Crippen LogP contribution in [0.1, 0.15) is 25.7 Å². The summed E-state index contributed by atoms with van der Waals surface area (Å²) in [6.07, 6.45) is -4.73. The molecular weight excluding hydrogens is 375 g/mol. The van der Waals surface area contributed by atoms with Crippen molar-refractivity contribution in [3.05, 3.63) is 0 Å². The van der Waals surface area contributed by atoms with E-state index in [4.69, 9.17) is 35.7 Å². The quantitative estimate of drug-likeness (QED) is 0.171. The Morgan fingerprint density at radius 1 is 0.593 bits per heavy atom. The molecule has 0 radical (unpaired) electrons. The predicted molar refractivity (Wildman–Crippen MR) is 71.6 cm³/mol. The molecule has 0 bridgehead atoms. The summed E-state index contributed by atoms with van der Waals surface area (Å²) < 4.78 is 0. The zero-order valence-corrected chi connectivity index (χ0v) is 13.8. The third-order valence-electron chi connectivity index (χ3n) is 2.56. The molecule has 0 aromatic heterocycles. The number of aliphatic hydroxyl groups is 2. The number of hydrogen-bond acceptors (Lipinski definition) is 9. The Hall–Kier alpha value is -2.66. The molecule has 0 aliphatic carbocycles. The Kier molecular flexibility index (Phi) is 12.8. The molecule has 0 spiro atoms. The minimum atomic E-state index is -2.80. The predicted octanol–water partition coefficient (Wildman–Crippen LogP) is -6.83. The third-order valence-corrected chi connectivity index (χ3v) is 2.56. The van der Waals surface area contributed by atoms with Gasteiger partial charge < -0.3 is 45.6 Å². The number of rotatable bonds is 10. The summed E-state index contributed by atoms with van der Waals surface area (Å²) in [6, 6.07) is 0. The molecule has 14 nitrogen and oxygen atoms in total. The number of carboxylic acid groups (broad SMARTS) is 6. The fraction of sp³-hybridized carbons (Fsp3) is 0.500. The maximum absolute atomic E-state index is 10.3. The van der Waals surface area contributed by atoms with Crippen LogP contribution in [0.5, 0.6) is 0 Å². The third kappa shape index (κ3) is 12.3.